The standard InChI is InChI=1S/C13H12.C8H10.2C2H6/c1-3-7-12(8-4-1)11-13-9-5-2-6-10-13;1-2-8-6-4-3-5-7-8;2*1-2/h1-10H,11H2;3-7H,2H2,1H3;2*1-2H3. The van der Waals surface area contributed by atoms with Crippen LogP contribution in [0.3, 0.4) is 0 Å². The van der Waals surface area contributed by atoms with Gasteiger partial charge in [0.15, 0.2) is 0 Å². The van der Waals surface area contributed by atoms with Crippen LogP contribution in [0.5, 0.6) is 0 Å². The van der Waals surface area contributed by atoms with E-state index in [0.717, 1.165) is 12.8 Å². The van der Waals surface area contributed by atoms with Crippen molar-refractivity contribution in [2.45, 2.75) is 47.5 Å². The average molecular weight is 335 g/mol. The van der Waals surface area contributed by atoms with E-state index in [1.165, 1.54) is 16.7 Å². The predicted molar refractivity (Wildman–Crippen MR) is 114 cm³/mol. The fourth-order valence-corrected chi connectivity index (χ4v) is 2.14. The second-order valence-electron chi connectivity index (χ2n) is 4.99. The van der Waals surface area contributed by atoms with Gasteiger partial charge in [0.05, 0.1) is 0 Å². The third kappa shape index (κ3) is 10.9. The van der Waals surface area contributed by atoms with Crippen molar-refractivity contribution in [1.82, 2.24) is 0 Å². The lowest BCUT2D eigenvalue weighted by Crippen LogP contribution is -1.85. The highest BCUT2D eigenvalue weighted by atomic mass is 14.0. The second-order valence-corrected chi connectivity index (χ2v) is 4.99. The number of benzene rings is 3. The van der Waals surface area contributed by atoms with Crippen LogP contribution in [-0.2, 0) is 12.8 Å². The van der Waals surface area contributed by atoms with Crippen LogP contribution in [0.2, 0.25) is 0 Å². The molecule has 3 aromatic rings. The third-order valence-electron chi connectivity index (χ3n) is 3.34. The average Bonchev–Trinajstić information content (AvgIpc) is 2.74. The number of aryl methyl sites for hydroxylation is 1. The van der Waals surface area contributed by atoms with Crippen LogP contribution in [0.1, 0.15) is 51.3 Å². The molecule has 0 nitrogen and oxygen atoms in total. The zero-order valence-electron chi connectivity index (χ0n) is 16.6. The largest absolute Gasteiger partial charge is 0.0683 e. The summed E-state index contributed by atoms with van der Waals surface area (Å²) in [5, 5.41) is 0. The lowest BCUT2D eigenvalue weighted by molar-refractivity contribution is 1.14. The molecule has 0 aliphatic rings. The molecule has 0 N–H and O–H groups in total. The fraction of sp³-hybridized carbons (Fsp3) is 0.280. The van der Waals surface area contributed by atoms with E-state index in [2.05, 4.69) is 91.9 Å². The Morgan fingerprint density at radius 3 is 0.960 bits per heavy atom. The maximum absolute atomic E-state index is 2.16. The molecule has 3 aromatic carbocycles. The molecular formula is C25H34. The first-order chi connectivity index (χ1) is 12.4. The summed E-state index contributed by atoms with van der Waals surface area (Å²) in [6.07, 6.45) is 2.17. The minimum absolute atomic E-state index is 1.03. The summed E-state index contributed by atoms with van der Waals surface area (Å²) < 4.78 is 0. The lowest BCUT2D eigenvalue weighted by atomic mass is 10.1. The molecule has 3 rings (SSSR count). The highest BCUT2D eigenvalue weighted by Gasteiger charge is 1.92. The van der Waals surface area contributed by atoms with Gasteiger partial charge in [-0.1, -0.05) is 126 Å². The van der Waals surface area contributed by atoms with Crippen LogP contribution in [0.25, 0.3) is 0 Å². The zero-order chi connectivity index (χ0) is 18.8. The maximum Gasteiger partial charge on any atom is -0.00258 e. The smallest absolute Gasteiger partial charge is 0.00258 e. The van der Waals surface area contributed by atoms with Crippen molar-refractivity contribution in [3.05, 3.63) is 108 Å². The van der Waals surface area contributed by atoms with Gasteiger partial charge in [-0.15, -0.1) is 0 Å². The predicted octanol–water partition coefficient (Wildman–Crippen LogP) is 7.58. The van der Waals surface area contributed by atoms with E-state index in [1.54, 1.807) is 0 Å². The van der Waals surface area contributed by atoms with Gasteiger partial charge in [0.25, 0.3) is 0 Å². The van der Waals surface area contributed by atoms with E-state index in [0.29, 0.717) is 0 Å². The molecule has 0 heteroatoms. The van der Waals surface area contributed by atoms with Crippen LogP contribution in [-0.4, -0.2) is 0 Å². The highest BCUT2D eigenvalue weighted by molar-refractivity contribution is 5.25. The highest BCUT2D eigenvalue weighted by Crippen LogP contribution is 2.07. The molecule has 0 saturated carbocycles. The summed E-state index contributed by atoms with van der Waals surface area (Å²) in [5.41, 5.74) is 4.15. The molecule has 0 fully saturated rings. The Morgan fingerprint density at radius 2 is 0.720 bits per heavy atom. The van der Waals surface area contributed by atoms with Gasteiger partial charge in [-0.3, -0.25) is 0 Å². The Morgan fingerprint density at radius 1 is 0.440 bits per heavy atom. The van der Waals surface area contributed by atoms with Gasteiger partial charge in [0, 0.05) is 0 Å². The molecule has 0 radical (unpaired) electrons. The molecule has 0 aliphatic carbocycles. The molecule has 0 aliphatic heterocycles. The van der Waals surface area contributed by atoms with Crippen LogP contribution in [0.15, 0.2) is 91.0 Å². The molecule has 0 unspecified atom stereocenters. The molecule has 0 atom stereocenters. The Balaban J connectivity index is 0.000000414. The van der Waals surface area contributed by atoms with E-state index >= 15 is 0 Å². The van der Waals surface area contributed by atoms with Crippen molar-refractivity contribution in [3.8, 4) is 0 Å². The molecule has 25 heavy (non-hydrogen) atoms. The number of hydrogen-bond acceptors (Lipinski definition) is 0. The van der Waals surface area contributed by atoms with Gasteiger partial charge in [0.1, 0.15) is 0 Å². The van der Waals surface area contributed by atoms with Crippen molar-refractivity contribution in [1.29, 1.82) is 0 Å². The monoisotopic (exact) mass is 334 g/mol. The van der Waals surface area contributed by atoms with Crippen LogP contribution in [0.4, 0.5) is 0 Å². The summed E-state index contributed by atoms with van der Waals surface area (Å²) in [6.45, 7) is 10.2. The molecular weight excluding hydrogens is 300 g/mol. The summed E-state index contributed by atoms with van der Waals surface area (Å²) in [7, 11) is 0. The summed E-state index contributed by atoms with van der Waals surface area (Å²) in [5.74, 6) is 0. The van der Waals surface area contributed by atoms with Crippen molar-refractivity contribution < 1.29 is 0 Å². The fourth-order valence-electron chi connectivity index (χ4n) is 2.14. The topological polar surface area (TPSA) is 0 Å². The number of hydrogen-bond donors (Lipinski definition) is 0. The van der Waals surface area contributed by atoms with Crippen molar-refractivity contribution in [2.24, 2.45) is 0 Å². The normalized spacial score (nSPS) is 8.52. The molecule has 0 aromatic heterocycles. The van der Waals surface area contributed by atoms with E-state index in [9.17, 15) is 0 Å². The lowest BCUT2D eigenvalue weighted by Gasteiger charge is -2.00. The van der Waals surface area contributed by atoms with E-state index in [1.807, 2.05) is 33.8 Å². The van der Waals surface area contributed by atoms with Gasteiger partial charge >= 0.3 is 0 Å². The molecule has 0 saturated heterocycles. The van der Waals surface area contributed by atoms with E-state index in [-0.39, 0.29) is 0 Å². The zero-order valence-corrected chi connectivity index (χ0v) is 16.6. The Labute approximate surface area is 155 Å². The first-order valence-electron chi connectivity index (χ1n) is 9.50. The molecule has 0 amide bonds. The third-order valence-corrected chi connectivity index (χ3v) is 3.34. The van der Waals surface area contributed by atoms with Gasteiger partial charge in [-0.25, -0.2) is 0 Å². The minimum atomic E-state index is 1.03. The van der Waals surface area contributed by atoms with Crippen LogP contribution >= 0.6 is 0 Å². The van der Waals surface area contributed by atoms with Gasteiger partial charge < -0.3 is 0 Å². The van der Waals surface area contributed by atoms with E-state index in [4.69, 9.17) is 0 Å². The Hall–Kier alpha value is -2.34. The van der Waals surface area contributed by atoms with Crippen LogP contribution in [0, 0.1) is 0 Å². The molecule has 134 valence electrons. The maximum atomic E-state index is 2.16. The minimum Gasteiger partial charge on any atom is -0.0683 e. The second kappa shape index (κ2) is 16.5. The van der Waals surface area contributed by atoms with Gasteiger partial charge in [-0.05, 0) is 29.5 Å². The molecule has 0 heterocycles. The summed E-state index contributed by atoms with van der Waals surface area (Å²) >= 11 is 0. The molecule has 0 bridgehead atoms. The Bertz CT molecular complexity index is 560. The van der Waals surface area contributed by atoms with Crippen LogP contribution < -0.4 is 0 Å². The first-order valence-corrected chi connectivity index (χ1v) is 9.50. The van der Waals surface area contributed by atoms with Gasteiger partial charge in [-0.2, -0.15) is 0 Å². The van der Waals surface area contributed by atoms with Crippen molar-refractivity contribution in [3.63, 3.8) is 0 Å². The molecule has 0 spiro atoms. The van der Waals surface area contributed by atoms with E-state index < -0.39 is 0 Å². The van der Waals surface area contributed by atoms with Gasteiger partial charge in [0.2, 0.25) is 0 Å². The summed E-state index contributed by atoms with van der Waals surface area (Å²) in [4.78, 5) is 0. The summed E-state index contributed by atoms with van der Waals surface area (Å²) in [6, 6.07) is 31.5. The quantitative estimate of drug-likeness (QED) is 0.463. The Kier molecular flexibility index (Phi) is 15.0. The van der Waals surface area contributed by atoms with Crippen molar-refractivity contribution >= 4 is 0 Å². The van der Waals surface area contributed by atoms with Crippen molar-refractivity contribution in [2.75, 3.05) is 0 Å². The SMILES string of the molecule is CC.CC.CCc1ccccc1.c1ccc(Cc2ccccc2)cc1. The number of rotatable bonds is 3. The first kappa shape index (κ1) is 22.7.